The Morgan fingerprint density at radius 2 is 1.77 bits per heavy atom. The first-order valence-corrected chi connectivity index (χ1v) is 11.4. The fourth-order valence-corrected chi connectivity index (χ4v) is 4.50. The van der Waals surface area contributed by atoms with Gasteiger partial charge in [0, 0.05) is 36.1 Å². The zero-order valence-corrected chi connectivity index (χ0v) is 18.5. The number of aryl methyl sites for hydroxylation is 1. The third-order valence-electron chi connectivity index (χ3n) is 5.35. The van der Waals surface area contributed by atoms with E-state index in [0.29, 0.717) is 11.7 Å². The number of aromatic nitrogens is 2. The van der Waals surface area contributed by atoms with Gasteiger partial charge in [0.05, 0.1) is 0 Å². The molecule has 0 atom stereocenters. The molecule has 1 aliphatic heterocycles. The average molecular weight is 434 g/mol. The number of rotatable bonds is 7. The number of urea groups is 1. The first-order valence-electron chi connectivity index (χ1n) is 10.6. The van der Waals surface area contributed by atoms with Crippen LogP contribution in [0.15, 0.2) is 71.0 Å². The maximum absolute atomic E-state index is 12.5. The molecule has 0 saturated carbocycles. The molecule has 0 radical (unpaired) electrons. The van der Waals surface area contributed by atoms with Crippen LogP contribution < -0.4 is 10.6 Å². The van der Waals surface area contributed by atoms with Crippen molar-refractivity contribution in [2.24, 2.45) is 0 Å². The van der Waals surface area contributed by atoms with E-state index in [2.05, 4.69) is 43.7 Å². The second kappa shape index (κ2) is 10.4. The van der Waals surface area contributed by atoms with Crippen LogP contribution >= 0.6 is 11.8 Å². The molecule has 0 unspecified atom stereocenters. The Labute approximate surface area is 187 Å². The van der Waals surface area contributed by atoms with Crippen molar-refractivity contribution in [2.75, 3.05) is 18.4 Å². The van der Waals surface area contributed by atoms with Gasteiger partial charge in [-0.1, -0.05) is 24.3 Å². The highest BCUT2D eigenvalue weighted by Gasteiger charge is 2.14. The largest absolute Gasteiger partial charge is 0.334 e. The Morgan fingerprint density at radius 1 is 1.03 bits per heavy atom. The molecule has 1 aromatic heterocycles. The van der Waals surface area contributed by atoms with Gasteiger partial charge < -0.3 is 10.6 Å². The van der Waals surface area contributed by atoms with E-state index >= 15 is 0 Å². The Hall–Kier alpha value is -2.90. The van der Waals surface area contributed by atoms with Crippen molar-refractivity contribution < 1.29 is 4.79 Å². The summed E-state index contributed by atoms with van der Waals surface area (Å²) in [6, 6.07) is 15.9. The van der Waals surface area contributed by atoms with Crippen LogP contribution in [0.5, 0.6) is 0 Å². The van der Waals surface area contributed by atoms with Crippen LogP contribution in [-0.2, 0) is 13.1 Å². The number of amides is 2. The van der Waals surface area contributed by atoms with E-state index in [1.165, 1.54) is 30.2 Å². The number of carbonyl (C=O) groups is 1. The summed E-state index contributed by atoms with van der Waals surface area (Å²) in [5.41, 5.74) is 4.23. The van der Waals surface area contributed by atoms with Crippen LogP contribution in [0.4, 0.5) is 10.5 Å². The molecule has 160 valence electrons. The summed E-state index contributed by atoms with van der Waals surface area (Å²) in [6.45, 7) is 5.76. The molecule has 1 aliphatic rings. The smallest absolute Gasteiger partial charge is 0.319 e. The maximum atomic E-state index is 12.5. The summed E-state index contributed by atoms with van der Waals surface area (Å²) in [6.07, 6.45) is 6.01. The SMILES string of the molecule is Cc1cc(Sc2ncccn2)ccc1NC(=O)NCc1ccccc1CN1CCCC1. The molecular formula is C24H27N5OS. The van der Waals surface area contributed by atoms with Gasteiger partial charge in [-0.2, -0.15) is 0 Å². The van der Waals surface area contributed by atoms with Gasteiger partial charge in [-0.05, 0) is 85.6 Å². The van der Waals surface area contributed by atoms with E-state index in [0.717, 1.165) is 41.3 Å². The molecule has 6 nitrogen and oxygen atoms in total. The molecule has 3 aromatic rings. The Bertz CT molecular complexity index is 1020. The van der Waals surface area contributed by atoms with Crippen LogP contribution in [0.1, 0.15) is 29.5 Å². The minimum atomic E-state index is -0.203. The lowest BCUT2D eigenvalue weighted by Crippen LogP contribution is -2.29. The molecule has 2 N–H and O–H groups in total. The van der Waals surface area contributed by atoms with Crippen LogP contribution in [0.3, 0.4) is 0 Å². The number of benzene rings is 2. The van der Waals surface area contributed by atoms with Crippen molar-refractivity contribution >= 4 is 23.5 Å². The van der Waals surface area contributed by atoms with Crippen molar-refractivity contribution in [1.82, 2.24) is 20.2 Å². The minimum absolute atomic E-state index is 0.203. The van der Waals surface area contributed by atoms with Crippen LogP contribution in [0, 0.1) is 6.92 Å². The summed E-state index contributed by atoms with van der Waals surface area (Å²) >= 11 is 1.50. The number of hydrogen-bond acceptors (Lipinski definition) is 5. The van der Waals surface area contributed by atoms with Gasteiger partial charge in [-0.3, -0.25) is 4.90 Å². The van der Waals surface area contributed by atoms with Gasteiger partial charge in [0.1, 0.15) is 0 Å². The van der Waals surface area contributed by atoms with E-state index in [1.54, 1.807) is 18.5 Å². The number of likely N-dealkylation sites (tertiary alicyclic amines) is 1. The molecule has 1 saturated heterocycles. The number of anilines is 1. The lowest BCUT2D eigenvalue weighted by molar-refractivity contribution is 0.251. The highest BCUT2D eigenvalue weighted by molar-refractivity contribution is 7.99. The normalized spacial score (nSPS) is 13.8. The molecule has 0 bridgehead atoms. The number of nitrogens with one attached hydrogen (secondary N) is 2. The molecular weight excluding hydrogens is 406 g/mol. The molecule has 1 fully saturated rings. The van der Waals surface area contributed by atoms with Crippen LogP contribution in [0.25, 0.3) is 0 Å². The topological polar surface area (TPSA) is 70.1 Å². The summed E-state index contributed by atoms with van der Waals surface area (Å²) in [4.78, 5) is 24.5. The first-order chi connectivity index (χ1) is 15.2. The molecule has 2 amide bonds. The number of hydrogen-bond donors (Lipinski definition) is 2. The van der Waals surface area contributed by atoms with Gasteiger partial charge in [0.15, 0.2) is 5.16 Å². The zero-order chi connectivity index (χ0) is 21.5. The van der Waals surface area contributed by atoms with Crippen molar-refractivity contribution in [1.29, 1.82) is 0 Å². The van der Waals surface area contributed by atoms with E-state index < -0.39 is 0 Å². The summed E-state index contributed by atoms with van der Waals surface area (Å²) < 4.78 is 0. The molecule has 0 spiro atoms. The van der Waals surface area contributed by atoms with Crippen LogP contribution in [0.2, 0.25) is 0 Å². The van der Waals surface area contributed by atoms with Gasteiger partial charge in [-0.25, -0.2) is 14.8 Å². The third kappa shape index (κ3) is 6.06. The molecule has 0 aliphatic carbocycles. The van der Waals surface area contributed by atoms with Crippen LogP contribution in [-0.4, -0.2) is 34.0 Å². The van der Waals surface area contributed by atoms with E-state index in [1.807, 2.05) is 31.2 Å². The number of carbonyl (C=O) groups excluding carboxylic acids is 1. The van der Waals surface area contributed by atoms with Crippen molar-refractivity contribution in [2.45, 2.75) is 42.9 Å². The fourth-order valence-electron chi connectivity index (χ4n) is 3.69. The molecule has 2 heterocycles. The lowest BCUT2D eigenvalue weighted by Gasteiger charge is -2.18. The summed E-state index contributed by atoms with van der Waals surface area (Å²) in [5.74, 6) is 0. The molecule has 7 heteroatoms. The van der Waals surface area contributed by atoms with Gasteiger partial charge in [-0.15, -0.1) is 0 Å². The first kappa shape index (κ1) is 21.3. The molecule has 2 aromatic carbocycles. The monoisotopic (exact) mass is 433 g/mol. The fraction of sp³-hybridized carbons (Fsp3) is 0.292. The maximum Gasteiger partial charge on any atom is 0.319 e. The molecule has 31 heavy (non-hydrogen) atoms. The summed E-state index contributed by atoms with van der Waals surface area (Å²) in [5, 5.41) is 6.67. The van der Waals surface area contributed by atoms with Crippen molar-refractivity contribution in [3.05, 3.63) is 77.6 Å². The average Bonchev–Trinajstić information content (AvgIpc) is 3.29. The van der Waals surface area contributed by atoms with Crippen molar-refractivity contribution in [3.8, 4) is 0 Å². The van der Waals surface area contributed by atoms with E-state index in [4.69, 9.17) is 0 Å². The minimum Gasteiger partial charge on any atom is -0.334 e. The Morgan fingerprint density at radius 3 is 2.52 bits per heavy atom. The third-order valence-corrected chi connectivity index (χ3v) is 6.23. The highest BCUT2D eigenvalue weighted by Crippen LogP contribution is 2.27. The van der Waals surface area contributed by atoms with Gasteiger partial charge in [0.25, 0.3) is 0 Å². The summed E-state index contributed by atoms with van der Waals surface area (Å²) in [7, 11) is 0. The predicted octanol–water partition coefficient (Wildman–Crippen LogP) is 4.85. The van der Waals surface area contributed by atoms with Gasteiger partial charge in [0.2, 0.25) is 0 Å². The van der Waals surface area contributed by atoms with E-state index in [-0.39, 0.29) is 6.03 Å². The number of nitrogens with zero attached hydrogens (tertiary/aromatic N) is 3. The Kier molecular flexibility index (Phi) is 7.17. The van der Waals surface area contributed by atoms with Crippen molar-refractivity contribution in [3.63, 3.8) is 0 Å². The molecule has 4 rings (SSSR count). The second-order valence-corrected chi connectivity index (χ2v) is 8.71. The second-order valence-electron chi connectivity index (χ2n) is 7.67. The predicted molar refractivity (Wildman–Crippen MR) is 124 cm³/mol. The van der Waals surface area contributed by atoms with Gasteiger partial charge >= 0.3 is 6.03 Å². The standard InChI is InChI=1S/C24H27N5OS/c1-18-15-21(31-24-25-11-6-12-26-24)9-10-22(18)28-23(30)27-16-19-7-2-3-8-20(19)17-29-13-4-5-14-29/h2-3,6-12,15H,4-5,13-14,16-17H2,1H3,(H2,27,28,30). The Balaban J connectivity index is 1.33. The lowest BCUT2D eigenvalue weighted by atomic mass is 10.1. The van der Waals surface area contributed by atoms with E-state index in [9.17, 15) is 4.79 Å². The highest BCUT2D eigenvalue weighted by atomic mass is 32.2. The zero-order valence-electron chi connectivity index (χ0n) is 17.7. The quantitative estimate of drug-likeness (QED) is 0.521.